The Morgan fingerprint density at radius 3 is 1.97 bits per heavy atom. The molecule has 0 aliphatic heterocycles. The quantitative estimate of drug-likeness (QED) is 0.426. The molecule has 0 heterocycles. The van der Waals surface area contributed by atoms with E-state index in [4.69, 9.17) is 4.74 Å². The highest BCUT2D eigenvalue weighted by Gasteiger charge is 2.39. The molecule has 0 bridgehead atoms. The van der Waals surface area contributed by atoms with Crippen molar-refractivity contribution in [1.82, 2.24) is 0 Å². The summed E-state index contributed by atoms with van der Waals surface area (Å²) in [6.07, 6.45) is 12.0. The lowest BCUT2D eigenvalue weighted by atomic mass is 9.62. The van der Waals surface area contributed by atoms with Gasteiger partial charge in [0.15, 0.2) is 17.4 Å². The average molecular weight is 443 g/mol. The van der Waals surface area contributed by atoms with Gasteiger partial charge in [0, 0.05) is 6.61 Å². The molecule has 31 heavy (non-hydrogen) atoms. The molecule has 0 spiro atoms. The van der Waals surface area contributed by atoms with Crippen LogP contribution >= 0.6 is 0 Å². The normalized spacial score (nSPS) is 33.9. The highest BCUT2D eigenvalue weighted by atomic mass is 19.3. The minimum atomic E-state index is -3.24. The molecule has 2 nitrogen and oxygen atoms in total. The van der Waals surface area contributed by atoms with Crippen LogP contribution in [0.15, 0.2) is 12.1 Å². The molecule has 6 heteroatoms. The number of ether oxygens (including phenoxy) is 2. The number of fused-ring (bicyclic) bond motifs is 1. The van der Waals surface area contributed by atoms with Crippen molar-refractivity contribution in [2.75, 3.05) is 6.61 Å². The van der Waals surface area contributed by atoms with Crippen LogP contribution in [-0.4, -0.2) is 19.3 Å². The molecule has 3 saturated carbocycles. The zero-order chi connectivity index (χ0) is 22.0. The Bertz CT molecular complexity index is 709. The second-order valence-corrected chi connectivity index (χ2v) is 9.79. The van der Waals surface area contributed by atoms with Crippen LogP contribution in [-0.2, 0) is 4.74 Å². The number of halogens is 4. The van der Waals surface area contributed by atoms with Crippen LogP contribution in [0, 0.1) is 35.3 Å². The summed E-state index contributed by atoms with van der Waals surface area (Å²) in [4.78, 5) is 0. The van der Waals surface area contributed by atoms with Gasteiger partial charge in [-0.1, -0.05) is 0 Å². The molecule has 3 fully saturated rings. The summed E-state index contributed by atoms with van der Waals surface area (Å²) in [5.41, 5.74) is 0.563. The van der Waals surface area contributed by atoms with E-state index >= 15 is 0 Å². The van der Waals surface area contributed by atoms with E-state index in [0.717, 1.165) is 50.0 Å². The van der Waals surface area contributed by atoms with Gasteiger partial charge in [0.1, 0.15) is 0 Å². The molecular formula is C25H34F4O2. The van der Waals surface area contributed by atoms with Gasteiger partial charge in [-0.25, -0.2) is 8.78 Å². The van der Waals surface area contributed by atoms with Crippen molar-refractivity contribution in [3.63, 3.8) is 0 Å². The third-order valence-corrected chi connectivity index (χ3v) is 8.15. The van der Waals surface area contributed by atoms with Crippen molar-refractivity contribution < 1.29 is 27.0 Å². The smallest absolute Gasteiger partial charge is 0.387 e. The van der Waals surface area contributed by atoms with Gasteiger partial charge in [-0.05, 0) is 118 Å². The van der Waals surface area contributed by atoms with Crippen LogP contribution in [0.2, 0.25) is 0 Å². The first-order valence-electron chi connectivity index (χ1n) is 12.0. The van der Waals surface area contributed by atoms with E-state index in [9.17, 15) is 17.6 Å². The fraction of sp³-hybridized carbons (Fsp3) is 0.760. The van der Waals surface area contributed by atoms with E-state index in [1.807, 2.05) is 0 Å². The SMILES string of the molecule is CCOC1CCC2CC(C3CCC(c4cc(F)c(OC(F)F)c(F)c4)CC3)CCC2C1. The Morgan fingerprint density at radius 1 is 0.806 bits per heavy atom. The third-order valence-electron chi connectivity index (χ3n) is 8.15. The Morgan fingerprint density at radius 2 is 1.35 bits per heavy atom. The summed E-state index contributed by atoms with van der Waals surface area (Å²) in [5, 5.41) is 0. The van der Waals surface area contributed by atoms with E-state index < -0.39 is 24.0 Å². The minimum Gasteiger partial charge on any atom is -0.429 e. The molecule has 4 unspecified atom stereocenters. The van der Waals surface area contributed by atoms with Gasteiger partial charge in [0.25, 0.3) is 0 Å². The fourth-order valence-electron chi connectivity index (χ4n) is 6.64. The van der Waals surface area contributed by atoms with Crippen LogP contribution in [0.1, 0.15) is 82.6 Å². The number of alkyl halides is 2. The molecule has 3 aliphatic carbocycles. The highest BCUT2D eigenvalue weighted by Crippen LogP contribution is 2.49. The highest BCUT2D eigenvalue weighted by molar-refractivity contribution is 5.33. The number of benzene rings is 1. The maximum absolute atomic E-state index is 14.1. The Balaban J connectivity index is 1.30. The second-order valence-electron chi connectivity index (χ2n) is 9.79. The molecule has 4 rings (SSSR count). The van der Waals surface area contributed by atoms with Gasteiger partial charge < -0.3 is 9.47 Å². The van der Waals surface area contributed by atoms with Gasteiger partial charge in [-0.15, -0.1) is 0 Å². The fourth-order valence-corrected chi connectivity index (χ4v) is 6.64. The van der Waals surface area contributed by atoms with Crippen molar-refractivity contribution in [3.8, 4) is 5.75 Å². The largest absolute Gasteiger partial charge is 0.429 e. The van der Waals surface area contributed by atoms with Gasteiger partial charge in [0.05, 0.1) is 6.10 Å². The minimum absolute atomic E-state index is 0.0822. The summed E-state index contributed by atoms with van der Waals surface area (Å²) in [5.74, 6) is 0.120. The predicted octanol–water partition coefficient (Wildman–Crippen LogP) is 7.46. The van der Waals surface area contributed by atoms with Crippen LogP contribution in [0.25, 0.3) is 0 Å². The maximum atomic E-state index is 14.1. The van der Waals surface area contributed by atoms with E-state index in [0.29, 0.717) is 17.6 Å². The van der Waals surface area contributed by atoms with Crippen molar-refractivity contribution >= 4 is 0 Å². The molecular weight excluding hydrogens is 408 g/mol. The molecule has 0 saturated heterocycles. The molecule has 1 aromatic rings. The summed E-state index contributed by atoms with van der Waals surface area (Å²) in [6, 6.07) is 2.35. The monoisotopic (exact) mass is 442 g/mol. The molecule has 174 valence electrons. The first-order valence-corrected chi connectivity index (χ1v) is 12.0. The van der Waals surface area contributed by atoms with Crippen molar-refractivity contribution in [1.29, 1.82) is 0 Å². The number of rotatable bonds is 6. The van der Waals surface area contributed by atoms with E-state index in [2.05, 4.69) is 11.7 Å². The summed E-state index contributed by atoms with van der Waals surface area (Å²) < 4.78 is 62.8. The third kappa shape index (κ3) is 5.37. The standard InChI is InChI=1S/C25H34F4O2/c1-2-30-21-10-9-18-11-17(7-8-19(18)12-21)15-3-5-16(6-4-15)20-13-22(26)24(23(27)14-20)31-25(28)29/h13-19,21,25H,2-12H2,1H3. The zero-order valence-electron chi connectivity index (χ0n) is 18.3. The summed E-state index contributed by atoms with van der Waals surface area (Å²) >= 11 is 0. The molecule has 3 aliphatic rings. The van der Waals surface area contributed by atoms with Crippen LogP contribution in [0.5, 0.6) is 5.75 Å². The number of hydrogen-bond acceptors (Lipinski definition) is 2. The lowest BCUT2D eigenvalue weighted by Gasteiger charge is -2.45. The number of hydrogen-bond donors (Lipinski definition) is 0. The van der Waals surface area contributed by atoms with Gasteiger partial charge in [-0.2, -0.15) is 8.78 Å². The molecule has 0 radical (unpaired) electrons. The van der Waals surface area contributed by atoms with Crippen LogP contribution in [0.4, 0.5) is 17.6 Å². The first kappa shape index (κ1) is 22.9. The van der Waals surface area contributed by atoms with Crippen LogP contribution < -0.4 is 4.74 Å². The lowest BCUT2D eigenvalue weighted by Crippen LogP contribution is -2.36. The molecule has 0 amide bonds. The van der Waals surface area contributed by atoms with Crippen molar-refractivity contribution in [2.45, 2.75) is 89.8 Å². The van der Waals surface area contributed by atoms with Gasteiger partial charge in [-0.3, -0.25) is 0 Å². The molecule has 1 aromatic carbocycles. The Kier molecular flexibility index (Phi) is 7.45. The van der Waals surface area contributed by atoms with Gasteiger partial charge >= 0.3 is 6.61 Å². The summed E-state index contributed by atoms with van der Waals surface area (Å²) in [6.45, 7) is -0.355. The molecule has 4 atom stereocenters. The molecule has 0 N–H and O–H groups in total. The second kappa shape index (κ2) is 10.1. The Hall–Kier alpha value is -1.30. The van der Waals surface area contributed by atoms with Crippen molar-refractivity contribution in [3.05, 3.63) is 29.3 Å². The lowest BCUT2D eigenvalue weighted by molar-refractivity contribution is -0.0546. The van der Waals surface area contributed by atoms with Crippen LogP contribution in [0.3, 0.4) is 0 Å². The van der Waals surface area contributed by atoms with E-state index in [1.54, 1.807) is 0 Å². The van der Waals surface area contributed by atoms with E-state index in [1.165, 1.54) is 50.7 Å². The first-order chi connectivity index (χ1) is 14.9. The predicted molar refractivity (Wildman–Crippen MR) is 111 cm³/mol. The zero-order valence-corrected chi connectivity index (χ0v) is 18.3. The average Bonchev–Trinajstić information content (AvgIpc) is 2.76. The molecule has 0 aromatic heterocycles. The van der Waals surface area contributed by atoms with E-state index in [-0.39, 0.29) is 5.92 Å². The topological polar surface area (TPSA) is 18.5 Å². The maximum Gasteiger partial charge on any atom is 0.387 e. The van der Waals surface area contributed by atoms with Crippen molar-refractivity contribution in [2.24, 2.45) is 23.7 Å². The Labute approximate surface area is 182 Å². The summed E-state index contributed by atoms with van der Waals surface area (Å²) in [7, 11) is 0. The van der Waals surface area contributed by atoms with Gasteiger partial charge in [0.2, 0.25) is 0 Å².